The van der Waals surface area contributed by atoms with Gasteiger partial charge in [0, 0.05) is 6.07 Å². The zero-order valence-electron chi connectivity index (χ0n) is 12.4. The summed E-state index contributed by atoms with van der Waals surface area (Å²) in [6.45, 7) is 8.96. The number of rotatable bonds is 4. The molecule has 0 aliphatic carbocycles. The average molecular weight is 284 g/mol. The molecule has 1 atom stereocenters. The van der Waals surface area contributed by atoms with E-state index in [0.29, 0.717) is 5.76 Å². The van der Waals surface area contributed by atoms with Gasteiger partial charge < -0.3 is 19.3 Å². The van der Waals surface area contributed by atoms with Gasteiger partial charge >= 0.3 is 12.1 Å². The Morgan fingerprint density at radius 3 is 2.65 bits per heavy atom. The van der Waals surface area contributed by atoms with Crippen LogP contribution in [-0.4, -0.2) is 29.4 Å². The molecule has 0 bridgehead atoms. The van der Waals surface area contributed by atoms with Gasteiger partial charge in [-0.2, -0.15) is 0 Å². The Bertz CT molecular complexity index is 475. The number of hydrogen-bond donors (Lipinski definition) is 1. The lowest BCUT2D eigenvalue weighted by molar-refractivity contribution is 0.0491. The van der Waals surface area contributed by atoms with Crippen molar-refractivity contribution in [3.05, 3.63) is 17.5 Å². The predicted octanol–water partition coefficient (Wildman–Crippen LogP) is 2.44. The molecule has 1 rings (SSSR count). The fraction of sp³-hybridized carbons (Fsp3) is 0.615. The van der Waals surface area contributed by atoms with Crippen molar-refractivity contribution in [2.75, 3.05) is 6.61 Å². The molecular formula is C13H20N2O5. The van der Waals surface area contributed by atoms with Gasteiger partial charge in [0.1, 0.15) is 5.60 Å². The van der Waals surface area contributed by atoms with Crippen LogP contribution in [0.2, 0.25) is 0 Å². The topological polar surface area (TPSA) is 90.7 Å². The van der Waals surface area contributed by atoms with Gasteiger partial charge in [-0.15, -0.1) is 0 Å². The number of carbonyl (C=O) groups is 2. The van der Waals surface area contributed by atoms with Gasteiger partial charge in [-0.3, -0.25) is 0 Å². The van der Waals surface area contributed by atoms with E-state index in [-0.39, 0.29) is 12.3 Å². The van der Waals surface area contributed by atoms with E-state index in [1.165, 1.54) is 6.07 Å². The first-order chi connectivity index (χ1) is 9.23. The number of alkyl carbamates (subject to hydrolysis) is 1. The van der Waals surface area contributed by atoms with Crippen molar-refractivity contribution in [2.45, 2.75) is 46.3 Å². The Kier molecular flexibility index (Phi) is 5.12. The van der Waals surface area contributed by atoms with Crippen molar-refractivity contribution in [2.24, 2.45) is 0 Å². The minimum Gasteiger partial charge on any atom is -0.461 e. The Labute approximate surface area is 117 Å². The highest BCUT2D eigenvalue weighted by molar-refractivity contribution is 5.87. The first-order valence-electron chi connectivity index (χ1n) is 6.36. The van der Waals surface area contributed by atoms with E-state index in [2.05, 4.69) is 10.5 Å². The standard InChI is InChI=1S/C13H20N2O5/c1-6-18-11(16)9-7-10(20-15-9)8(2)14-12(17)19-13(3,4)5/h7-8H,6H2,1-5H3,(H,14,17)/t8-/m0/s1. The quantitative estimate of drug-likeness (QED) is 0.854. The normalized spacial score (nSPS) is 12.7. The number of hydrogen-bond acceptors (Lipinski definition) is 6. The molecule has 20 heavy (non-hydrogen) atoms. The summed E-state index contributed by atoms with van der Waals surface area (Å²) < 4.78 is 14.9. The van der Waals surface area contributed by atoms with Gasteiger partial charge in [-0.1, -0.05) is 5.16 Å². The fourth-order valence-electron chi connectivity index (χ4n) is 1.35. The van der Waals surface area contributed by atoms with Crippen LogP contribution < -0.4 is 5.32 Å². The van der Waals surface area contributed by atoms with Crippen LogP contribution in [0.25, 0.3) is 0 Å². The number of aromatic nitrogens is 1. The number of ether oxygens (including phenoxy) is 2. The molecule has 1 N–H and O–H groups in total. The summed E-state index contributed by atoms with van der Waals surface area (Å²) in [5.74, 6) is -0.217. The predicted molar refractivity (Wildman–Crippen MR) is 70.2 cm³/mol. The monoisotopic (exact) mass is 284 g/mol. The summed E-state index contributed by atoms with van der Waals surface area (Å²) in [4.78, 5) is 23.0. The lowest BCUT2D eigenvalue weighted by Gasteiger charge is -2.21. The molecule has 0 fully saturated rings. The van der Waals surface area contributed by atoms with Gasteiger partial charge in [0.25, 0.3) is 0 Å². The highest BCUT2D eigenvalue weighted by Crippen LogP contribution is 2.15. The maximum absolute atomic E-state index is 11.6. The summed E-state index contributed by atoms with van der Waals surface area (Å²) in [5.41, 5.74) is -0.513. The Morgan fingerprint density at radius 2 is 2.10 bits per heavy atom. The zero-order chi connectivity index (χ0) is 15.3. The van der Waals surface area contributed by atoms with Crippen LogP contribution in [0, 0.1) is 0 Å². The summed E-state index contributed by atoms with van der Waals surface area (Å²) in [6.07, 6.45) is -0.570. The third-order valence-corrected chi connectivity index (χ3v) is 2.17. The Hall–Kier alpha value is -2.05. The van der Waals surface area contributed by atoms with E-state index in [0.717, 1.165) is 0 Å². The van der Waals surface area contributed by atoms with Crippen molar-refractivity contribution >= 4 is 12.1 Å². The van der Waals surface area contributed by atoms with Crippen molar-refractivity contribution < 1.29 is 23.6 Å². The average Bonchev–Trinajstić information content (AvgIpc) is 2.75. The van der Waals surface area contributed by atoms with Crippen molar-refractivity contribution in [3.63, 3.8) is 0 Å². The summed E-state index contributed by atoms with van der Waals surface area (Å²) in [5, 5.41) is 6.19. The lowest BCUT2D eigenvalue weighted by Crippen LogP contribution is -2.33. The van der Waals surface area contributed by atoms with Gasteiger partial charge in [0.2, 0.25) is 0 Å². The summed E-state index contributed by atoms with van der Waals surface area (Å²) in [7, 11) is 0. The Balaban J connectivity index is 2.62. The minimum atomic E-state index is -0.582. The van der Waals surface area contributed by atoms with E-state index in [4.69, 9.17) is 14.0 Å². The highest BCUT2D eigenvalue weighted by Gasteiger charge is 2.22. The van der Waals surface area contributed by atoms with E-state index in [1.807, 2.05) is 0 Å². The number of amides is 1. The first-order valence-corrected chi connectivity index (χ1v) is 6.36. The van der Waals surface area contributed by atoms with E-state index in [9.17, 15) is 9.59 Å². The van der Waals surface area contributed by atoms with Gasteiger partial charge in [-0.05, 0) is 34.6 Å². The van der Waals surface area contributed by atoms with Crippen LogP contribution in [0.1, 0.15) is 56.9 Å². The van der Waals surface area contributed by atoms with Gasteiger partial charge in [0.05, 0.1) is 12.6 Å². The van der Waals surface area contributed by atoms with Crippen LogP contribution in [0.4, 0.5) is 4.79 Å². The van der Waals surface area contributed by atoms with Crippen molar-refractivity contribution in [1.29, 1.82) is 0 Å². The SMILES string of the molecule is CCOC(=O)c1cc([C@H](C)NC(=O)OC(C)(C)C)on1. The van der Waals surface area contributed by atoms with E-state index >= 15 is 0 Å². The highest BCUT2D eigenvalue weighted by atomic mass is 16.6. The van der Waals surface area contributed by atoms with Gasteiger partial charge in [-0.25, -0.2) is 9.59 Å². The number of carbonyl (C=O) groups excluding carboxylic acids is 2. The smallest absolute Gasteiger partial charge is 0.408 e. The molecule has 0 saturated heterocycles. The van der Waals surface area contributed by atoms with Crippen LogP contribution in [0.15, 0.2) is 10.6 Å². The second-order valence-electron chi connectivity index (χ2n) is 5.20. The molecule has 7 heteroatoms. The number of nitrogens with zero attached hydrogens (tertiary/aromatic N) is 1. The third kappa shape index (κ3) is 4.91. The van der Waals surface area contributed by atoms with Crippen LogP contribution in [0.5, 0.6) is 0 Å². The number of esters is 1. The molecule has 7 nitrogen and oxygen atoms in total. The molecule has 1 amide bonds. The fourth-order valence-corrected chi connectivity index (χ4v) is 1.35. The second-order valence-corrected chi connectivity index (χ2v) is 5.20. The molecule has 1 aromatic rings. The maximum atomic E-state index is 11.6. The van der Waals surface area contributed by atoms with Crippen LogP contribution >= 0.6 is 0 Å². The molecule has 0 saturated carbocycles. The summed E-state index contributed by atoms with van der Waals surface area (Å²) >= 11 is 0. The van der Waals surface area contributed by atoms with Crippen molar-refractivity contribution in [3.8, 4) is 0 Å². The molecule has 1 heterocycles. The molecule has 0 spiro atoms. The van der Waals surface area contributed by atoms with Crippen LogP contribution in [0.3, 0.4) is 0 Å². The molecule has 0 aliphatic heterocycles. The molecule has 0 aliphatic rings. The minimum absolute atomic E-state index is 0.0692. The second kappa shape index (κ2) is 6.40. The third-order valence-electron chi connectivity index (χ3n) is 2.17. The van der Waals surface area contributed by atoms with Crippen molar-refractivity contribution in [1.82, 2.24) is 10.5 Å². The molecule has 0 unspecified atom stereocenters. The number of nitrogens with one attached hydrogen (secondary N) is 1. The molecular weight excluding hydrogens is 264 g/mol. The molecule has 112 valence electrons. The zero-order valence-corrected chi connectivity index (χ0v) is 12.4. The van der Waals surface area contributed by atoms with E-state index < -0.39 is 23.7 Å². The summed E-state index contributed by atoms with van der Waals surface area (Å²) in [6, 6.07) is 0.959. The maximum Gasteiger partial charge on any atom is 0.408 e. The lowest BCUT2D eigenvalue weighted by atomic mass is 10.2. The van der Waals surface area contributed by atoms with Crippen LogP contribution in [-0.2, 0) is 9.47 Å². The first kappa shape index (κ1) is 16.0. The largest absolute Gasteiger partial charge is 0.461 e. The molecule has 0 radical (unpaired) electrons. The Morgan fingerprint density at radius 1 is 1.45 bits per heavy atom. The molecule has 0 aromatic carbocycles. The van der Waals surface area contributed by atoms with E-state index in [1.54, 1.807) is 34.6 Å². The van der Waals surface area contributed by atoms with Gasteiger partial charge in [0.15, 0.2) is 11.5 Å². The molecule has 1 aromatic heterocycles.